The summed E-state index contributed by atoms with van der Waals surface area (Å²) < 4.78 is 1.76. The van der Waals surface area contributed by atoms with E-state index < -0.39 is 0 Å². The number of nitrogens with one attached hydrogen (secondary N) is 1. The molecule has 1 heterocycles. The van der Waals surface area contributed by atoms with Gasteiger partial charge in [-0.25, -0.2) is 0 Å². The van der Waals surface area contributed by atoms with Crippen LogP contribution in [0, 0.1) is 12.8 Å². The molecule has 0 saturated carbocycles. The Morgan fingerprint density at radius 2 is 2.25 bits per heavy atom. The van der Waals surface area contributed by atoms with Crippen molar-refractivity contribution in [3.05, 3.63) is 17.5 Å². The standard InChI is InChI=1S/C11H20N4O/c1-7(2)10(11(12)16)13-5-9-6-15(4)14-8(9)3/h6-7,10,13H,5H2,1-4H3,(H2,12,16). The van der Waals surface area contributed by atoms with Crippen LogP contribution in [0.5, 0.6) is 0 Å². The van der Waals surface area contributed by atoms with E-state index in [1.165, 1.54) is 0 Å². The third kappa shape index (κ3) is 3.06. The average Bonchev–Trinajstić information content (AvgIpc) is 2.44. The number of primary amides is 1. The first-order valence-corrected chi connectivity index (χ1v) is 5.43. The van der Waals surface area contributed by atoms with Crippen LogP contribution in [0.1, 0.15) is 25.1 Å². The molecule has 1 atom stereocenters. The van der Waals surface area contributed by atoms with E-state index in [-0.39, 0.29) is 17.9 Å². The molecular formula is C11H20N4O. The number of nitrogens with two attached hydrogens (primary N) is 1. The molecule has 0 aliphatic heterocycles. The number of carbonyl (C=O) groups is 1. The highest BCUT2D eigenvalue weighted by Gasteiger charge is 2.19. The number of nitrogens with zero attached hydrogens (tertiary/aromatic N) is 2. The first-order chi connectivity index (χ1) is 7.41. The molecule has 5 heteroatoms. The highest BCUT2D eigenvalue weighted by molar-refractivity contribution is 5.80. The van der Waals surface area contributed by atoms with E-state index in [0.29, 0.717) is 6.54 Å². The summed E-state index contributed by atoms with van der Waals surface area (Å²) >= 11 is 0. The van der Waals surface area contributed by atoms with Gasteiger partial charge in [-0.15, -0.1) is 0 Å². The van der Waals surface area contributed by atoms with Gasteiger partial charge in [-0.05, 0) is 12.8 Å². The molecule has 0 aliphatic carbocycles. The number of aromatic nitrogens is 2. The van der Waals surface area contributed by atoms with Gasteiger partial charge in [-0.2, -0.15) is 5.10 Å². The summed E-state index contributed by atoms with van der Waals surface area (Å²) in [5.41, 5.74) is 7.39. The van der Waals surface area contributed by atoms with Crippen molar-refractivity contribution in [1.82, 2.24) is 15.1 Å². The molecule has 0 aliphatic rings. The molecule has 5 nitrogen and oxygen atoms in total. The summed E-state index contributed by atoms with van der Waals surface area (Å²) in [5, 5.41) is 7.40. The maximum Gasteiger partial charge on any atom is 0.234 e. The Hall–Kier alpha value is -1.36. The van der Waals surface area contributed by atoms with Crippen molar-refractivity contribution in [2.45, 2.75) is 33.4 Å². The molecule has 0 fully saturated rings. The molecule has 0 spiro atoms. The molecule has 90 valence electrons. The number of hydrogen-bond acceptors (Lipinski definition) is 3. The zero-order valence-corrected chi connectivity index (χ0v) is 10.3. The molecular weight excluding hydrogens is 204 g/mol. The van der Waals surface area contributed by atoms with Crippen molar-refractivity contribution >= 4 is 5.91 Å². The Morgan fingerprint density at radius 3 is 2.62 bits per heavy atom. The molecule has 0 saturated heterocycles. The van der Waals surface area contributed by atoms with Crippen LogP contribution >= 0.6 is 0 Å². The highest BCUT2D eigenvalue weighted by Crippen LogP contribution is 2.07. The van der Waals surface area contributed by atoms with Gasteiger partial charge in [-0.3, -0.25) is 9.48 Å². The summed E-state index contributed by atoms with van der Waals surface area (Å²) in [5.74, 6) is -0.119. The largest absolute Gasteiger partial charge is 0.368 e. The smallest absolute Gasteiger partial charge is 0.234 e. The minimum atomic E-state index is -0.309. The molecule has 1 aromatic heterocycles. The molecule has 1 amide bonds. The Kier molecular flexibility index (Phi) is 4.06. The van der Waals surface area contributed by atoms with E-state index in [2.05, 4.69) is 10.4 Å². The summed E-state index contributed by atoms with van der Waals surface area (Å²) in [7, 11) is 1.88. The monoisotopic (exact) mass is 224 g/mol. The molecule has 3 N–H and O–H groups in total. The fourth-order valence-electron chi connectivity index (χ4n) is 1.71. The van der Waals surface area contributed by atoms with Crippen LogP contribution in [0.3, 0.4) is 0 Å². The summed E-state index contributed by atoms with van der Waals surface area (Å²) in [4.78, 5) is 11.2. The first kappa shape index (κ1) is 12.7. The molecule has 1 aromatic rings. The van der Waals surface area contributed by atoms with Crippen LogP contribution in [0.4, 0.5) is 0 Å². The van der Waals surface area contributed by atoms with Gasteiger partial charge in [0.25, 0.3) is 0 Å². The van der Waals surface area contributed by atoms with E-state index in [0.717, 1.165) is 11.3 Å². The number of hydrogen-bond donors (Lipinski definition) is 2. The average molecular weight is 224 g/mol. The normalized spacial score (nSPS) is 13.1. The third-order valence-electron chi connectivity index (χ3n) is 2.60. The second-order valence-electron chi connectivity index (χ2n) is 4.42. The Labute approximate surface area is 96.0 Å². The SMILES string of the molecule is Cc1nn(C)cc1CNC(C(N)=O)C(C)C. The number of rotatable bonds is 5. The lowest BCUT2D eigenvalue weighted by Gasteiger charge is -2.18. The second kappa shape index (κ2) is 5.12. The molecule has 0 bridgehead atoms. The predicted molar refractivity (Wildman–Crippen MR) is 62.6 cm³/mol. The van der Waals surface area contributed by atoms with E-state index >= 15 is 0 Å². The van der Waals surface area contributed by atoms with E-state index in [1.54, 1.807) is 4.68 Å². The maximum absolute atomic E-state index is 11.2. The quantitative estimate of drug-likeness (QED) is 0.757. The highest BCUT2D eigenvalue weighted by atomic mass is 16.1. The zero-order valence-electron chi connectivity index (χ0n) is 10.3. The lowest BCUT2D eigenvalue weighted by Crippen LogP contribution is -2.44. The van der Waals surface area contributed by atoms with Crippen molar-refractivity contribution in [3.8, 4) is 0 Å². The Bertz CT molecular complexity index is 370. The molecule has 0 radical (unpaired) electrons. The van der Waals surface area contributed by atoms with Gasteiger partial charge in [0.05, 0.1) is 11.7 Å². The summed E-state index contributed by atoms with van der Waals surface area (Å²) in [6.07, 6.45) is 1.95. The minimum Gasteiger partial charge on any atom is -0.368 e. The molecule has 0 aromatic carbocycles. The fourth-order valence-corrected chi connectivity index (χ4v) is 1.71. The van der Waals surface area contributed by atoms with Gasteiger partial charge in [0, 0.05) is 25.4 Å². The van der Waals surface area contributed by atoms with Crippen molar-refractivity contribution in [1.29, 1.82) is 0 Å². The Morgan fingerprint density at radius 1 is 1.62 bits per heavy atom. The van der Waals surface area contributed by atoms with Crippen molar-refractivity contribution < 1.29 is 4.79 Å². The summed E-state index contributed by atoms with van der Waals surface area (Å²) in [6, 6.07) is -0.292. The lowest BCUT2D eigenvalue weighted by atomic mass is 10.0. The number of carbonyl (C=O) groups excluding carboxylic acids is 1. The number of amides is 1. The van der Waals surface area contributed by atoms with E-state index in [4.69, 9.17) is 5.73 Å². The molecule has 1 rings (SSSR count). The minimum absolute atomic E-state index is 0.189. The summed E-state index contributed by atoms with van der Waals surface area (Å²) in [6.45, 7) is 6.51. The van der Waals surface area contributed by atoms with Crippen LogP contribution in [0.2, 0.25) is 0 Å². The van der Waals surface area contributed by atoms with Gasteiger partial charge < -0.3 is 11.1 Å². The van der Waals surface area contributed by atoms with Crippen molar-refractivity contribution in [2.75, 3.05) is 0 Å². The van der Waals surface area contributed by atoms with Crippen LogP contribution in [0.15, 0.2) is 6.20 Å². The van der Waals surface area contributed by atoms with Gasteiger partial charge in [-0.1, -0.05) is 13.8 Å². The number of aryl methyl sites for hydroxylation is 2. The Balaban J connectivity index is 2.62. The van der Waals surface area contributed by atoms with Crippen LogP contribution < -0.4 is 11.1 Å². The maximum atomic E-state index is 11.2. The first-order valence-electron chi connectivity index (χ1n) is 5.43. The van der Waals surface area contributed by atoms with Crippen molar-refractivity contribution in [3.63, 3.8) is 0 Å². The van der Waals surface area contributed by atoms with Crippen molar-refractivity contribution in [2.24, 2.45) is 18.7 Å². The third-order valence-corrected chi connectivity index (χ3v) is 2.60. The van der Waals surface area contributed by atoms with Crippen LogP contribution in [-0.2, 0) is 18.4 Å². The van der Waals surface area contributed by atoms with Gasteiger partial charge in [0.1, 0.15) is 0 Å². The predicted octanol–water partition coefficient (Wildman–Crippen LogP) is 0.328. The fraction of sp³-hybridized carbons (Fsp3) is 0.636. The molecule has 1 unspecified atom stereocenters. The van der Waals surface area contributed by atoms with Gasteiger partial charge in [0.2, 0.25) is 5.91 Å². The molecule has 16 heavy (non-hydrogen) atoms. The van der Waals surface area contributed by atoms with Crippen LogP contribution in [-0.4, -0.2) is 21.7 Å². The topological polar surface area (TPSA) is 72.9 Å². The van der Waals surface area contributed by atoms with E-state index in [1.807, 2.05) is 34.0 Å². The second-order valence-corrected chi connectivity index (χ2v) is 4.42. The van der Waals surface area contributed by atoms with Gasteiger partial charge >= 0.3 is 0 Å². The van der Waals surface area contributed by atoms with Gasteiger partial charge in [0.15, 0.2) is 0 Å². The lowest BCUT2D eigenvalue weighted by molar-refractivity contribution is -0.121. The van der Waals surface area contributed by atoms with E-state index in [9.17, 15) is 4.79 Å². The zero-order chi connectivity index (χ0) is 12.3. The van der Waals surface area contributed by atoms with Crippen LogP contribution in [0.25, 0.3) is 0 Å².